The first-order valence-electron chi connectivity index (χ1n) is 5.25. The molecule has 86 valence electrons. The summed E-state index contributed by atoms with van der Waals surface area (Å²) in [6.45, 7) is 8.37. The molecular formula is C10H22INO2. The summed E-state index contributed by atoms with van der Waals surface area (Å²) in [7, 11) is 1.71. The number of likely N-dealkylation sites (tertiary alicyclic amines) is 1. The molecule has 0 bridgehead atoms. The first kappa shape index (κ1) is 14.6. The van der Waals surface area contributed by atoms with Gasteiger partial charge < -0.3 is 37.9 Å². The van der Waals surface area contributed by atoms with Crippen molar-refractivity contribution in [2.75, 3.05) is 46.7 Å². The van der Waals surface area contributed by atoms with Crippen LogP contribution in [0.1, 0.15) is 19.8 Å². The Morgan fingerprint density at radius 2 is 1.79 bits per heavy atom. The molecule has 14 heavy (non-hydrogen) atoms. The van der Waals surface area contributed by atoms with Gasteiger partial charge in [-0.05, 0) is 6.92 Å². The predicted molar refractivity (Wildman–Crippen MR) is 52.5 cm³/mol. The van der Waals surface area contributed by atoms with Crippen LogP contribution in [0.4, 0.5) is 0 Å². The standard InChI is InChI=1S/C10H22NO2.HI/c1-3-11(6-4-5-7-11)10-13-9-8-12-2;/h3-10H2,1-2H3;1H/q+1;/p-1. The number of rotatable bonds is 6. The van der Waals surface area contributed by atoms with Gasteiger partial charge in [-0.25, -0.2) is 0 Å². The van der Waals surface area contributed by atoms with Crippen LogP contribution in [0.5, 0.6) is 0 Å². The highest BCUT2D eigenvalue weighted by atomic mass is 127. The quantitative estimate of drug-likeness (QED) is 0.329. The van der Waals surface area contributed by atoms with Crippen LogP contribution in [0.15, 0.2) is 0 Å². The van der Waals surface area contributed by atoms with Gasteiger partial charge >= 0.3 is 0 Å². The van der Waals surface area contributed by atoms with E-state index in [1.54, 1.807) is 7.11 Å². The van der Waals surface area contributed by atoms with Gasteiger partial charge in [0.2, 0.25) is 0 Å². The molecule has 0 spiro atoms. The van der Waals surface area contributed by atoms with Crippen LogP contribution in [0.25, 0.3) is 0 Å². The zero-order chi connectivity index (χ0) is 9.57. The number of nitrogens with zero attached hydrogens (tertiary/aromatic N) is 1. The van der Waals surface area contributed by atoms with E-state index in [0.717, 1.165) is 17.8 Å². The first-order chi connectivity index (χ1) is 6.33. The average molecular weight is 315 g/mol. The molecule has 1 aliphatic heterocycles. The molecule has 0 amide bonds. The largest absolute Gasteiger partial charge is 1.00 e. The molecule has 0 aliphatic carbocycles. The lowest BCUT2D eigenvalue weighted by molar-refractivity contribution is -0.933. The molecule has 3 nitrogen and oxygen atoms in total. The Morgan fingerprint density at radius 3 is 2.29 bits per heavy atom. The van der Waals surface area contributed by atoms with E-state index in [4.69, 9.17) is 9.47 Å². The lowest BCUT2D eigenvalue weighted by Gasteiger charge is -2.32. The average Bonchev–Trinajstić information content (AvgIpc) is 2.62. The highest BCUT2D eigenvalue weighted by Gasteiger charge is 2.29. The second-order valence-corrected chi connectivity index (χ2v) is 3.84. The third kappa shape index (κ3) is 4.42. The smallest absolute Gasteiger partial charge is 0.183 e. The highest BCUT2D eigenvalue weighted by molar-refractivity contribution is 4.51. The Bertz CT molecular complexity index is 138. The summed E-state index contributed by atoms with van der Waals surface area (Å²) in [5, 5.41) is 0. The number of hydrogen-bond donors (Lipinski definition) is 0. The van der Waals surface area contributed by atoms with Crippen LogP contribution in [-0.4, -0.2) is 51.2 Å². The summed E-state index contributed by atoms with van der Waals surface area (Å²) < 4.78 is 11.7. The zero-order valence-corrected chi connectivity index (χ0v) is 11.5. The Labute approximate surface area is 104 Å². The van der Waals surface area contributed by atoms with E-state index in [2.05, 4.69) is 6.92 Å². The van der Waals surface area contributed by atoms with Crippen LogP contribution in [-0.2, 0) is 9.47 Å². The van der Waals surface area contributed by atoms with E-state index in [1.165, 1.54) is 32.5 Å². The molecule has 1 fully saturated rings. The molecule has 0 radical (unpaired) electrons. The first-order valence-corrected chi connectivity index (χ1v) is 5.25. The molecule has 0 unspecified atom stereocenters. The van der Waals surface area contributed by atoms with Crippen molar-refractivity contribution in [2.45, 2.75) is 19.8 Å². The van der Waals surface area contributed by atoms with Crippen molar-refractivity contribution in [2.24, 2.45) is 0 Å². The number of hydrogen-bond acceptors (Lipinski definition) is 2. The summed E-state index contributed by atoms with van der Waals surface area (Å²) in [5.74, 6) is 0. The van der Waals surface area contributed by atoms with Crippen LogP contribution in [0.3, 0.4) is 0 Å². The topological polar surface area (TPSA) is 18.5 Å². The molecular weight excluding hydrogens is 293 g/mol. The Balaban J connectivity index is 0.00000169. The monoisotopic (exact) mass is 315 g/mol. The lowest BCUT2D eigenvalue weighted by atomic mass is 10.4. The maximum atomic E-state index is 5.60. The van der Waals surface area contributed by atoms with Gasteiger partial charge in [-0.15, -0.1) is 0 Å². The van der Waals surface area contributed by atoms with E-state index in [9.17, 15) is 0 Å². The van der Waals surface area contributed by atoms with Gasteiger partial charge in [-0.3, -0.25) is 0 Å². The van der Waals surface area contributed by atoms with Crippen molar-refractivity contribution < 1.29 is 37.9 Å². The van der Waals surface area contributed by atoms with Crippen molar-refractivity contribution in [3.63, 3.8) is 0 Å². The summed E-state index contributed by atoms with van der Waals surface area (Å²) in [5.41, 5.74) is 0. The van der Waals surface area contributed by atoms with Crippen molar-refractivity contribution in [3.05, 3.63) is 0 Å². The third-order valence-corrected chi connectivity index (χ3v) is 2.98. The molecule has 1 saturated heterocycles. The summed E-state index contributed by atoms with van der Waals surface area (Å²) in [6, 6.07) is 0. The van der Waals surface area contributed by atoms with Crippen molar-refractivity contribution in [1.82, 2.24) is 0 Å². The fourth-order valence-corrected chi connectivity index (χ4v) is 1.94. The third-order valence-electron chi connectivity index (χ3n) is 2.98. The minimum absolute atomic E-state index is 0. The fourth-order valence-electron chi connectivity index (χ4n) is 1.94. The Kier molecular flexibility index (Phi) is 8.19. The van der Waals surface area contributed by atoms with Crippen LogP contribution in [0, 0.1) is 0 Å². The number of methoxy groups -OCH3 is 1. The van der Waals surface area contributed by atoms with Crippen molar-refractivity contribution in [3.8, 4) is 0 Å². The molecule has 0 atom stereocenters. The van der Waals surface area contributed by atoms with Crippen LogP contribution in [0.2, 0.25) is 0 Å². The molecule has 0 aromatic carbocycles. The van der Waals surface area contributed by atoms with Gasteiger partial charge in [0.05, 0.1) is 32.8 Å². The van der Waals surface area contributed by atoms with Gasteiger partial charge in [-0.2, -0.15) is 0 Å². The van der Waals surface area contributed by atoms with Crippen LogP contribution < -0.4 is 24.0 Å². The molecule has 1 heterocycles. The molecule has 1 aliphatic rings. The number of quaternary nitrogens is 1. The number of ether oxygens (including phenoxy) is 2. The lowest BCUT2D eigenvalue weighted by Crippen LogP contribution is -3.00. The Morgan fingerprint density at radius 1 is 1.14 bits per heavy atom. The minimum atomic E-state index is 0. The predicted octanol–water partition coefficient (Wildman–Crippen LogP) is -1.76. The number of halogens is 1. The minimum Gasteiger partial charge on any atom is -1.00 e. The Hall–Kier alpha value is 0.610. The SMILES string of the molecule is CC[N+]1(COCCOC)CCCC1.[I-]. The molecule has 0 aromatic rings. The summed E-state index contributed by atoms with van der Waals surface area (Å²) in [4.78, 5) is 0. The van der Waals surface area contributed by atoms with Gasteiger partial charge in [-0.1, -0.05) is 0 Å². The normalized spacial score (nSPS) is 19.3. The molecule has 1 rings (SSSR count). The van der Waals surface area contributed by atoms with E-state index < -0.39 is 0 Å². The van der Waals surface area contributed by atoms with E-state index in [1.807, 2.05) is 0 Å². The van der Waals surface area contributed by atoms with Gasteiger partial charge in [0, 0.05) is 20.0 Å². The van der Waals surface area contributed by atoms with Gasteiger partial charge in [0.15, 0.2) is 6.73 Å². The van der Waals surface area contributed by atoms with E-state index in [0.29, 0.717) is 6.61 Å². The van der Waals surface area contributed by atoms with Crippen LogP contribution >= 0.6 is 0 Å². The zero-order valence-electron chi connectivity index (χ0n) is 9.30. The van der Waals surface area contributed by atoms with E-state index in [-0.39, 0.29) is 24.0 Å². The van der Waals surface area contributed by atoms with Crippen molar-refractivity contribution in [1.29, 1.82) is 0 Å². The van der Waals surface area contributed by atoms with Gasteiger partial charge in [0.25, 0.3) is 0 Å². The highest BCUT2D eigenvalue weighted by Crippen LogP contribution is 2.18. The van der Waals surface area contributed by atoms with E-state index >= 15 is 0 Å². The maximum Gasteiger partial charge on any atom is 0.183 e. The molecule has 0 N–H and O–H groups in total. The molecule has 4 heteroatoms. The second kappa shape index (κ2) is 7.84. The molecule has 0 aromatic heterocycles. The van der Waals surface area contributed by atoms with Crippen molar-refractivity contribution >= 4 is 0 Å². The van der Waals surface area contributed by atoms with Gasteiger partial charge in [0.1, 0.15) is 0 Å². The summed E-state index contributed by atoms with van der Waals surface area (Å²) in [6.07, 6.45) is 2.73. The maximum absolute atomic E-state index is 5.60. The second-order valence-electron chi connectivity index (χ2n) is 3.84. The molecule has 0 saturated carbocycles. The fraction of sp³-hybridized carbons (Fsp3) is 1.00. The summed E-state index contributed by atoms with van der Waals surface area (Å²) >= 11 is 0.